The topological polar surface area (TPSA) is 107 Å². The van der Waals surface area contributed by atoms with Crippen molar-refractivity contribution in [3.63, 3.8) is 0 Å². The summed E-state index contributed by atoms with van der Waals surface area (Å²) in [5, 5.41) is 2.66. The summed E-state index contributed by atoms with van der Waals surface area (Å²) in [6.45, 7) is 4.88. The molecular formula is C31H33N3O6S. The van der Waals surface area contributed by atoms with E-state index < -0.39 is 11.2 Å². The van der Waals surface area contributed by atoms with E-state index in [4.69, 9.17) is 19.2 Å². The molecule has 1 N–H and O–H groups in total. The maximum absolute atomic E-state index is 13.4. The first-order valence-corrected chi connectivity index (χ1v) is 14.3. The number of carbonyl (C=O) groups excluding carboxylic acids is 3. The van der Waals surface area contributed by atoms with E-state index in [9.17, 15) is 14.4 Å². The summed E-state index contributed by atoms with van der Waals surface area (Å²) >= 11 is 1.24. The molecule has 4 rings (SSSR count). The average Bonchev–Trinajstić information content (AvgIpc) is 2.98. The molecule has 0 bridgehead atoms. The van der Waals surface area contributed by atoms with E-state index in [0.29, 0.717) is 47.4 Å². The van der Waals surface area contributed by atoms with Gasteiger partial charge in [-0.2, -0.15) is 0 Å². The van der Waals surface area contributed by atoms with Crippen LogP contribution in [0.4, 0.5) is 11.4 Å². The minimum absolute atomic E-state index is 0.0386. The van der Waals surface area contributed by atoms with Gasteiger partial charge in [-0.3, -0.25) is 14.5 Å². The van der Waals surface area contributed by atoms with E-state index in [2.05, 4.69) is 5.32 Å². The van der Waals surface area contributed by atoms with Gasteiger partial charge in [-0.05, 0) is 86.5 Å². The Morgan fingerprint density at radius 1 is 0.951 bits per heavy atom. The van der Waals surface area contributed by atoms with Gasteiger partial charge in [0, 0.05) is 18.7 Å². The zero-order valence-corrected chi connectivity index (χ0v) is 24.1. The third-order valence-corrected chi connectivity index (χ3v) is 7.44. The Morgan fingerprint density at radius 3 is 2.27 bits per heavy atom. The number of nitrogens with one attached hydrogen (secondary N) is 1. The van der Waals surface area contributed by atoms with Crippen molar-refractivity contribution in [2.24, 2.45) is 4.99 Å². The van der Waals surface area contributed by atoms with Crippen LogP contribution in [0.3, 0.4) is 0 Å². The first-order valence-electron chi connectivity index (χ1n) is 13.4. The molecule has 1 aliphatic heterocycles. The number of carbonyl (C=O) groups is 3. The van der Waals surface area contributed by atoms with Crippen LogP contribution in [-0.2, 0) is 20.7 Å². The van der Waals surface area contributed by atoms with E-state index in [1.165, 1.54) is 11.8 Å². The summed E-state index contributed by atoms with van der Waals surface area (Å²) in [6.07, 6.45) is 0.636. The fourth-order valence-corrected chi connectivity index (χ4v) is 5.24. The van der Waals surface area contributed by atoms with Crippen LogP contribution in [0.1, 0.15) is 36.2 Å². The smallest absolute Gasteiger partial charge is 0.338 e. The van der Waals surface area contributed by atoms with Crippen LogP contribution in [0, 0.1) is 0 Å². The lowest BCUT2D eigenvalue weighted by atomic mass is 10.1. The molecule has 41 heavy (non-hydrogen) atoms. The number of benzene rings is 3. The highest BCUT2D eigenvalue weighted by Crippen LogP contribution is 2.30. The van der Waals surface area contributed by atoms with Gasteiger partial charge in [0.25, 0.3) is 0 Å². The van der Waals surface area contributed by atoms with Crippen LogP contribution < -0.4 is 14.8 Å². The van der Waals surface area contributed by atoms with Crippen molar-refractivity contribution in [1.29, 1.82) is 0 Å². The van der Waals surface area contributed by atoms with Gasteiger partial charge in [0.1, 0.15) is 16.7 Å². The summed E-state index contributed by atoms with van der Waals surface area (Å²) < 4.78 is 15.8. The number of hydrogen-bond donors (Lipinski definition) is 1. The van der Waals surface area contributed by atoms with E-state index >= 15 is 0 Å². The number of rotatable bonds is 11. The molecule has 9 nitrogen and oxygen atoms in total. The molecule has 214 valence electrons. The second kappa shape index (κ2) is 14.4. The van der Waals surface area contributed by atoms with E-state index in [1.807, 2.05) is 31.2 Å². The summed E-state index contributed by atoms with van der Waals surface area (Å²) in [7, 11) is 1.61. The SMILES string of the molecule is CCOC(=O)c1ccc(N=C2S[C@@H](C(=O)Nc3ccc(OCC)cc3)CC(=O)N2CCc2ccc(OC)cc2)cc1. The highest BCUT2D eigenvalue weighted by molar-refractivity contribution is 8.15. The maximum Gasteiger partial charge on any atom is 0.338 e. The largest absolute Gasteiger partial charge is 0.497 e. The van der Waals surface area contributed by atoms with Gasteiger partial charge in [0.15, 0.2) is 5.17 Å². The summed E-state index contributed by atoms with van der Waals surface area (Å²) in [4.78, 5) is 45.0. The minimum atomic E-state index is -0.663. The van der Waals surface area contributed by atoms with Crippen molar-refractivity contribution < 1.29 is 28.6 Å². The van der Waals surface area contributed by atoms with E-state index in [-0.39, 0.29) is 24.8 Å². The number of aliphatic imine (C=N–C) groups is 1. The Balaban J connectivity index is 1.53. The highest BCUT2D eigenvalue weighted by atomic mass is 32.2. The molecule has 1 saturated heterocycles. The van der Waals surface area contributed by atoms with Crippen LogP contribution in [0.25, 0.3) is 0 Å². The van der Waals surface area contributed by atoms with Crippen molar-refractivity contribution in [3.05, 3.63) is 83.9 Å². The highest BCUT2D eigenvalue weighted by Gasteiger charge is 2.35. The number of esters is 1. The van der Waals surface area contributed by atoms with Gasteiger partial charge in [-0.25, -0.2) is 9.79 Å². The Labute approximate surface area is 243 Å². The van der Waals surface area contributed by atoms with E-state index in [1.54, 1.807) is 67.5 Å². The first kappa shape index (κ1) is 29.7. The molecule has 0 saturated carbocycles. The van der Waals surface area contributed by atoms with Crippen molar-refractivity contribution in [2.45, 2.75) is 31.9 Å². The minimum Gasteiger partial charge on any atom is -0.497 e. The van der Waals surface area contributed by atoms with Crippen LogP contribution in [0.2, 0.25) is 0 Å². The van der Waals surface area contributed by atoms with Crippen molar-refractivity contribution in [1.82, 2.24) is 4.90 Å². The number of ether oxygens (including phenoxy) is 3. The molecule has 0 radical (unpaired) electrons. The Morgan fingerprint density at radius 2 is 1.63 bits per heavy atom. The standard InChI is InChI=1S/C31H33N3O6S/c1-4-39-26-16-12-23(13-17-26)32-29(36)27-20-28(35)34(19-18-21-6-14-25(38-3)15-7-21)31(41-27)33-24-10-8-22(9-11-24)30(37)40-5-2/h6-17,27H,4-5,18-20H2,1-3H3,(H,32,36)/t27-/m1/s1. The third kappa shape index (κ3) is 8.11. The molecule has 0 aliphatic carbocycles. The fraction of sp³-hybridized carbons (Fsp3) is 0.290. The molecule has 1 aliphatic rings. The Hall–Kier alpha value is -4.31. The van der Waals surface area contributed by atoms with Gasteiger partial charge < -0.3 is 19.5 Å². The molecule has 0 aromatic heterocycles. The monoisotopic (exact) mass is 575 g/mol. The van der Waals surface area contributed by atoms with E-state index in [0.717, 1.165) is 11.3 Å². The van der Waals surface area contributed by atoms with Gasteiger partial charge in [-0.1, -0.05) is 23.9 Å². The summed E-state index contributed by atoms with van der Waals surface area (Å²) in [5.74, 6) is 0.580. The van der Waals surface area contributed by atoms with Crippen LogP contribution in [-0.4, -0.2) is 60.0 Å². The number of amides is 2. The van der Waals surface area contributed by atoms with Crippen LogP contribution in [0.15, 0.2) is 77.8 Å². The molecule has 1 atom stereocenters. The maximum atomic E-state index is 13.4. The van der Waals surface area contributed by atoms with Crippen LogP contribution in [0.5, 0.6) is 11.5 Å². The first-order chi connectivity index (χ1) is 19.9. The fourth-order valence-electron chi connectivity index (χ4n) is 4.12. The summed E-state index contributed by atoms with van der Waals surface area (Å²) in [5.41, 5.74) is 2.61. The number of nitrogens with zero attached hydrogens (tertiary/aromatic N) is 2. The van der Waals surface area contributed by atoms with Gasteiger partial charge in [0.2, 0.25) is 11.8 Å². The number of hydrogen-bond acceptors (Lipinski definition) is 8. The third-order valence-electron chi connectivity index (χ3n) is 6.25. The van der Waals surface area contributed by atoms with Crippen molar-refractivity contribution >= 4 is 46.1 Å². The zero-order valence-electron chi connectivity index (χ0n) is 23.3. The molecule has 3 aromatic rings. The second-order valence-electron chi connectivity index (χ2n) is 9.06. The lowest BCUT2D eigenvalue weighted by Crippen LogP contribution is -2.46. The molecule has 10 heteroatoms. The molecule has 2 amide bonds. The molecule has 1 fully saturated rings. The number of amidine groups is 1. The van der Waals surface area contributed by atoms with Gasteiger partial charge in [-0.15, -0.1) is 0 Å². The van der Waals surface area contributed by atoms with Crippen molar-refractivity contribution in [3.8, 4) is 11.5 Å². The Kier molecular flexibility index (Phi) is 10.4. The molecular weight excluding hydrogens is 542 g/mol. The normalized spacial score (nSPS) is 15.9. The predicted octanol–water partition coefficient (Wildman–Crippen LogP) is 5.47. The number of anilines is 1. The van der Waals surface area contributed by atoms with Gasteiger partial charge in [0.05, 0.1) is 31.6 Å². The second-order valence-corrected chi connectivity index (χ2v) is 10.2. The lowest BCUT2D eigenvalue weighted by Gasteiger charge is -2.32. The Bertz CT molecular complexity index is 1370. The average molecular weight is 576 g/mol. The van der Waals surface area contributed by atoms with Crippen molar-refractivity contribution in [2.75, 3.05) is 32.2 Å². The zero-order chi connectivity index (χ0) is 29.2. The lowest BCUT2D eigenvalue weighted by molar-refractivity contribution is -0.129. The number of methoxy groups -OCH3 is 1. The molecule has 3 aromatic carbocycles. The van der Waals surface area contributed by atoms with Gasteiger partial charge >= 0.3 is 5.97 Å². The summed E-state index contributed by atoms with van der Waals surface area (Å²) in [6, 6.07) is 21.4. The molecule has 1 heterocycles. The number of thioether (sulfide) groups is 1. The molecule has 0 unspecified atom stereocenters. The quantitative estimate of drug-likeness (QED) is 0.302. The molecule has 0 spiro atoms. The van der Waals surface area contributed by atoms with Crippen LogP contribution >= 0.6 is 11.8 Å². The predicted molar refractivity (Wildman–Crippen MR) is 160 cm³/mol.